The molecule has 0 spiro atoms. The minimum atomic E-state index is 0.589. The molecule has 0 bridgehead atoms. The fourth-order valence-electron chi connectivity index (χ4n) is 0.972. The molecule has 2 rings (SSSR count). The third-order valence-corrected chi connectivity index (χ3v) is 1.65. The largest absolute Gasteiger partial charge is 0.287 e. The van der Waals surface area contributed by atoms with Crippen LogP contribution in [-0.2, 0) is 0 Å². The summed E-state index contributed by atoms with van der Waals surface area (Å²) in [6, 6.07) is 0. The Morgan fingerprint density at radius 2 is 1.44 bits per heavy atom. The fourth-order valence-corrected chi connectivity index (χ4v) is 0.972. The van der Waals surface area contributed by atoms with E-state index in [-0.39, 0.29) is 0 Å². The number of aromatic amines is 2. The quantitative estimate of drug-likeness (QED) is 0.519. The first-order valence-corrected chi connectivity index (χ1v) is 4.65. The summed E-state index contributed by atoms with van der Waals surface area (Å²) in [5.74, 6) is 1.28. The Bertz CT molecular complexity index is 396. The first-order valence-electron chi connectivity index (χ1n) is 4.65. The molecule has 0 radical (unpaired) electrons. The molecule has 82 valence electrons. The Morgan fingerprint density at radius 1 is 0.938 bits per heavy atom. The summed E-state index contributed by atoms with van der Waals surface area (Å²) in [5.41, 5.74) is 0. The summed E-state index contributed by atoms with van der Waals surface area (Å²) >= 11 is 0. The van der Waals surface area contributed by atoms with Gasteiger partial charge in [-0.25, -0.2) is 9.97 Å². The minimum absolute atomic E-state index is 0.589. The summed E-state index contributed by atoms with van der Waals surface area (Å²) in [7, 11) is 0. The summed E-state index contributed by atoms with van der Waals surface area (Å²) in [5, 5.41) is 12.7. The van der Waals surface area contributed by atoms with Gasteiger partial charge in [0.2, 0.25) is 0 Å². The second-order valence-corrected chi connectivity index (χ2v) is 2.81. The van der Waals surface area contributed by atoms with Crippen molar-refractivity contribution in [1.82, 2.24) is 30.4 Å². The molecule has 0 aliphatic rings. The van der Waals surface area contributed by atoms with E-state index in [9.17, 15) is 0 Å². The number of nitrogens with one attached hydrogen (secondary N) is 2. The SMILES string of the molecule is C(=NCCN=Cc1ncn[nH]1)c1ncn[nH]1. The molecule has 0 fully saturated rings. The third-order valence-electron chi connectivity index (χ3n) is 1.65. The van der Waals surface area contributed by atoms with Crippen molar-refractivity contribution in [1.29, 1.82) is 0 Å². The van der Waals surface area contributed by atoms with Crippen LogP contribution in [0.5, 0.6) is 0 Å². The van der Waals surface area contributed by atoms with Gasteiger partial charge in [0.25, 0.3) is 0 Å². The van der Waals surface area contributed by atoms with E-state index in [0.717, 1.165) is 0 Å². The van der Waals surface area contributed by atoms with E-state index in [0.29, 0.717) is 24.7 Å². The Hall–Kier alpha value is -2.38. The van der Waals surface area contributed by atoms with Crippen LogP contribution in [0.4, 0.5) is 0 Å². The van der Waals surface area contributed by atoms with E-state index in [2.05, 4.69) is 40.3 Å². The highest BCUT2D eigenvalue weighted by Gasteiger charge is 1.88. The van der Waals surface area contributed by atoms with Gasteiger partial charge in [-0.15, -0.1) is 0 Å². The van der Waals surface area contributed by atoms with Crippen LogP contribution in [0.25, 0.3) is 0 Å². The van der Waals surface area contributed by atoms with Gasteiger partial charge in [-0.3, -0.25) is 20.2 Å². The summed E-state index contributed by atoms with van der Waals surface area (Å²) in [6.45, 7) is 1.18. The minimum Gasteiger partial charge on any atom is -0.287 e. The van der Waals surface area contributed by atoms with E-state index in [1.807, 2.05) is 0 Å². The van der Waals surface area contributed by atoms with Crippen LogP contribution in [-0.4, -0.2) is 55.9 Å². The maximum absolute atomic E-state index is 4.11. The molecule has 2 heterocycles. The molecule has 0 atom stereocenters. The lowest BCUT2D eigenvalue weighted by molar-refractivity contribution is 0.977. The molecule has 0 amide bonds. The normalized spacial score (nSPS) is 11.8. The van der Waals surface area contributed by atoms with Gasteiger partial charge in [-0.1, -0.05) is 0 Å². The first kappa shape index (κ1) is 10.1. The van der Waals surface area contributed by atoms with Crippen molar-refractivity contribution < 1.29 is 0 Å². The zero-order valence-corrected chi connectivity index (χ0v) is 8.41. The van der Waals surface area contributed by atoms with Gasteiger partial charge in [0.1, 0.15) is 12.7 Å². The number of H-pyrrole nitrogens is 2. The van der Waals surface area contributed by atoms with Crippen molar-refractivity contribution in [3.63, 3.8) is 0 Å². The van der Waals surface area contributed by atoms with E-state index in [1.54, 1.807) is 12.4 Å². The molecular weight excluding hydrogens is 208 g/mol. The van der Waals surface area contributed by atoms with Gasteiger partial charge < -0.3 is 0 Å². The zero-order chi connectivity index (χ0) is 11.1. The van der Waals surface area contributed by atoms with Gasteiger partial charge in [-0.2, -0.15) is 10.2 Å². The highest BCUT2D eigenvalue weighted by Crippen LogP contribution is 1.82. The van der Waals surface area contributed by atoms with Crippen molar-refractivity contribution in [2.24, 2.45) is 9.98 Å². The molecular formula is C8H10N8. The van der Waals surface area contributed by atoms with Gasteiger partial charge in [0, 0.05) is 0 Å². The Balaban J connectivity index is 1.69. The van der Waals surface area contributed by atoms with Crippen LogP contribution in [0.15, 0.2) is 22.6 Å². The van der Waals surface area contributed by atoms with E-state index in [4.69, 9.17) is 0 Å². The summed E-state index contributed by atoms with van der Waals surface area (Å²) in [6.07, 6.45) is 6.11. The molecule has 0 unspecified atom stereocenters. The predicted molar refractivity (Wildman–Crippen MR) is 57.7 cm³/mol. The van der Waals surface area contributed by atoms with Crippen molar-refractivity contribution in [2.75, 3.05) is 13.1 Å². The maximum Gasteiger partial charge on any atom is 0.166 e. The smallest absolute Gasteiger partial charge is 0.166 e. The molecule has 0 aromatic carbocycles. The molecule has 2 aromatic rings. The standard InChI is InChI=1S/C8H10N8/c1(9-3-7-11-5-13-15-7)2-10-4-8-12-6-14-16-8/h3-6H,1-2H2,(H,11,13,15)(H,12,14,16). The highest BCUT2D eigenvalue weighted by atomic mass is 15.2. The van der Waals surface area contributed by atoms with Crippen LogP contribution in [0, 0.1) is 0 Å². The lowest BCUT2D eigenvalue weighted by atomic mass is 10.6. The van der Waals surface area contributed by atoms with Crippen molar-refractivity contribution in [3.8, 4) is 0 Å². The topological polar surface area (TPSA) is 108 Å². The molecule has 8 nitrogen and oxygen atoms in total. The van der Waals surface area contributed by atoms with Crippen molar-refractivity contribution in [2.45, 2.75) is 0 Å². The molecule has 0 saturated carbocycles. The van der Waals surface area contributed by atoms with E-state index >= 15 is 0 Å². The summed E-state index contributed by atoms with van der Waals surface area (Å²) in [4.78, 5) is 16.0. The summed E-state index contributed by atoms with van der Waals surface area (Å²) < 4.78 is 0. The van der Waals surface area contributed by atoms with Crippen molar-refractivity contribution >= 4 is 12.4 Å². The number of rotatable bonds is 5. The van der Waals surface area contributed by atoms with E-state index < -0.39 is 0 Å². The molecule has 0 aliphatic carbocycles. The Morgan fingerprint density at radius 3 is 1.81 bits per heavy atom. The Kier molecular flexibility index (Phi) is 3.48. The molecule has 0 saturated heterocycles. The van der Waals surface area contributed by atoms with Crippen molar-refractivity contribution in [3.05, 3.63) is 24.3 Å². The van der Waals surface area contributed by atoms with Gasteiger partial charge in [0.05, 0.1) is 25.5 Å². The van der Waals surface area contributed by atoms with Crippen LogP contribution in [0.2, 0.25) is 0 Å². The second kappa shape index (κ2) is 5.49. The lowest BCUT2D eigenvalue weighted by Gasteiger charge is -1.87. The third kappa shape index (κ3) is 3.08. The molecule has 2 aromatic heterocycles. The average Bonchev–Trinajstić information content (AvgIpc) is 2.96. The average molecular weight is 218 g/mol. The second-order valence-electron chi connectivity index (χ2n) is 2.81. The number of aliphatic imine (C=N–C) groups is 2. The monoisotopic (exact) mass is 218 g/mol. The molecule has 0 aliphatic heterocycles. The first-order chi connectivity index (χ1) is 7.95. The predicted octanol–water partition coefficient (Wildman–Crippen LogP) is -0.539. The number of aromatic nitrogens is 6. The van der Waals surface area contributed by atoms with Crippen LogP contribution in [0.3, 0.4) is 0 Å². The molecule has 2 N–H and O–H groups in total. The lowest BCUT2D eigenvalue weighted by Crippen LogP contribution is -1.92. The van der Waals surface area contributed by atoms with E-state index in [1.165, 1.54) is 12.7 Å². The molecule has 16 heavy (non-hydrogen) atoms. The number of hydrogen-bond acceptors (Lipinski definition) is 6. The Labute approximate surface area is 91.0 Å². The fraction of sp³-hybridized carbons (Fsp3) is 0.250. The maximum atomic E-state index is 4.11. The zero-order valence-electron chi connectivity index (χ0n) is 8.41. The molecule has 8 heteroatoms. The van der Waals surface area contributed by atoms with Gasteiger partial charge >= 0.3 is 0 Å². The number of nitrogens with zero attached hydrogens (tertiary/aromatic N) is 6. The number of hydrogen-bond donors (Lipinski definition) is 2. The van der Waals surface area contributed by atoms with Crippen LogP contribution < -0.4 is 0 Å². The van der Waals surface area contributed by atoms with Gasteiger partial charge in [-0.05, 0) is 0 Å². The van der Waals surface area contributed by atoms with Gasteiger partial charge in [0.15, 0.2) is 11.6 Å². The van der Waals surface area contributed by atoms with Crippen LogP contribution >= 0.6 is 0 Å². The van der Waals surface area contributed by atoms with Crippen LogP contribution in [0.1, 0.15) is 11.6 Å². The highest BCUT2D eigenvalue weighted by molar-refractivity contribution is 5.74.